The van der Waals surface area contributed by atoms with E-state index in [1.165, 1.54) is 45.5 Å². The predicted octanol–water partition coefficient (Wildman–Crippen LogP) is 7.02. The van der Waals surface area contributed by atoms with Crippen molar-refractivity contribution in [3.8, 4) is 0 Å². The highest BCUT2D eigenvalue weighted by Gasteiger charge is 2.28. The fourth-order valence-corrected chi connectivity index (χ4v) is 4.98. The summed E-state index contributed by atoms with van der Waals surface area (Å²) >= 11 is 0. The Labute approximate surface area is 155 Å². The minimum absolute atomic E-state index is 0.499. The average molecular weight is 336 g/mol. The van der Waals surface area contributed by atoms with Gasteiger partial charge in [-0.15, -0.1) is 0 Å². The summed E-state index contributed by atoms with van der Waals surface area (Å²) in [4.78, 5) is 0. The third-order valence-electron chi connectivity index (χ3n) is 6.14. The van der Waals surface area contributed by atoms with Crippen LogP contribution in [0.3, 0.4) is 0 Å². The Morgan fingerprint density at radius 2 is 1.42 bits per heavy atom. The first-order valence-corrected chi connectivity index (χ1v) is 9.71. The molecule has 0 bridgehead atoms. The van der Waals surface area contributed by atoms with E-state index in [-0.39, 0.29) is 0 Å². The molecule has 0 radical (unpaired) electrons. The maximum Gasteiger partial charge on any atom is 0.0101 e. The number of hydrogen-bond donors (Lipinski definition) is 0. The molecule has 2 atom stereocenters. The molecule has 4 aromatic carbocycles. The van der Waals surface area contributed by atoms with Crippen LogP contribution in [0.2, 0.25) is 0 Å². The molecule has 0 nitrogen and oxygen atoms in total. The zero-order valence-electron chi connectivity index (χ0n) is 15.5. The third-order valence-corrected chi connectivity index (χ3v) is 6.14. The number of benzene rings is 4. The number of fused-ring (bicyclic) bond motifs is 5. The summed E-state index contributed by atoms with van der Waals surface area (Å²) in [5, 5.41) is 5.62. The molecule has 0 saturated heterocycles. The van der Waals surface area contributed by atoms with Crippen molar-refractivity contribution in [1.82, 2.24) is 0 Å². The molecular formula is C26H24. The highest BCUT2D eigenvalue weighted by atomic mass is 14.3. The monoisotopic (exact) mass is 336 g/mol. The molecule has 0 heteroatoms. The van der Waals surface area contributed by atoms with E-state index in [1.54, 1.807) is 11.1 Å². The minimum atomic E-state index is 0.499. The summed E-state index contributed by atoms with van der Waals surface area (Å²) in [5.74, 6) is 1.23. The Morgan fingerprint density at radius 3 is 2.23 bits per heavy atom. The number of rotatable bonds is 1. The molecule has 0 saturated carbocycles. The van der Waals surface area contributed by atoms with E-state index in [0.717, 1.165) is 5.92 Å². The molecule has 1 aliphatic rings. The largest absolute Gasteiger partial charge is 0.0622 e. The lowest BCUT2D eigenvalue weighted by Crippen LogP contribution is -2.18. The average Bonchev–Trinajstić information content (AvgIpc) is 2.68. The van der Waals surface area contributed by atoms with Gasteiger partial charge in [-0.05, 0) is 69.5 Å². The zero-order chi connectivity index (χ0) is 17.7. The normalized spacial score (nSPS) is 19.6. The topological polar surface area (TPSA) is 0 Å². The molecule has 0 spiro atoms. The van der Waals surface area contributed by atoms with Gasteiger partial charge in [0.1, 0.15) is 0 Å². The van der Waals surface area contributed by atoms with E-state index in [9.17, 15) is 0 Å². The van der Waals surface area contributed by atoms with Crippen LogP contribution in [-0.2, 0) is 6.42 Å². The molecular weight excluding hydrogens is 312 g/mol. The number of aryl methyl sites for hydroxylation is 1. The first-order chi connectivity index (χ1) is 12.7. The molecule has 4 aromatic rings. The molecule has 1 aliphatic carbocycles. The molecule has 0 heterocycles. The van der Waals surface area contributed by atoms with Gasteiger partial charge in [0.2, 0.25) is 0 Å². The Bertz CT molecular complexity index is 1110. The minimum Gasteiger partial charge on any atom is -0.0622 e. The maximum absolute atomic E-state index is 2.43. The first kappa shape index (κ1) is 15.6. The van der Waals surface area contributed by atoms with Crippen LogP contribution in [0.1, 0.15) is 41.5 Å². The van der Waals surface area contributed by atoms with Gasteiger partial charge in [-0.3, -0.25) is 0 Å². The van der Waals surface area contributed by atoms with Gasteiger partial charge in [-0.25, -0.2) is 0 Å². The van der Waals surface area contributed by atoms with Crippen LogP contribution in [0.25, 0.3) is 21.5 Å². The van der Waals surface area contributed by atoms with Crippen molar-refractivity contribution in [2.24, 2.45) is 5.92 Å². The van der Waals surface area contributed by atoms with Crippen LogP contribution in [0.4, 0.5) is 0 Å². The first-order valence-electron chi connectivity index (χ1n) is 9.71. The van der Waals surface area contributed by atoms with Gasteiger partial charge in [0, 0.05) is 5.92 Å². The Hall–Kier alpha value is -2.60. The van der Waals surface area contributed by atoms with Crippen LogP contribution in [0.15, 0.2) is 72.8 Å². The molecule has 0 amide bonds. The number of hydrogen-bond acceptors (Lipinski definition) is 0. The lowest BCUT2D eigenvalue weighted by atomic mass is 9.72. The van der Waals surface area contributed by atoms with E-state index in [2.05, 4.69) is 86.6 Å². The van der Waals surface area contributed by atoms with Crippen LogP contribution in [0.5, 0.6) is 0 Å². The maximum atomic E-state index is 2.43. The molecule has 26 heavy (non-hydrogen) atoms. The second-order valence-electron chi connectivity index (χ2n) is 7.98. The van der Waals surface area contributed by atoms with Gasteiger partial charge < -0.3 is 0 Å². The molecule has 0 aromatic heterocycles. The van der Waals surface area contributed by atoms with Crippen LogP contribution in [-0.4, -0.2) is 0 Å². The third kappa shape index (κ3) is 2.36. The van der Waals surface area contributed by atoms with Gasteiger partial charge in [-0.2, -0.15) is 0 Å². The fraction of sp³-hybridized carbons (Fsp3) is 0.231. The van der Waals surface area contributed by atoms with Crippen LogP contribution >= 0.6 is 0 Å². The summed E-state index contributed by atoms with van der Waals surface area (Å²) in [6.45, 7) is 4.65. The Morgan fingerprint density at radius 1 is 0.731 bits per heavy atom. The summed E-state index contributed by atoms with van der Waals surface area (Å²) in [6.07, 6.45) is 2.43. The molecule has 2 unspecified atom stereocenters. The van der Waals surface area contributed by atoms with Crippen molar-refractivity contribution in [2.45, 2.75) is 32.6 Å². The summed E-state index contributed by atoms with van der Waals surface area (Å²) in [7, 11) is 0. The lowest BCUT2D eigenvalue weighted by molar-refractivity contribution is 0.467. The van der Waals surface area contributed by atoms with E-state index in [4.69, 9.17) is 0 Å². The molecule has 128 valence electrons. The smallest absolute Gasteiger partial charge is 0.0101 e. The van der Waals surface area contributed by atoms with E-state index in [0.29, 0.717) is 5.92 Å². The quantitative estimate of drug-likeness (QED) is 0.328. The van der Waals surface area contributed by atoms with Crippen molar-refractivity contribution >= 4 is 21.5 Å². The second-order valence-corrected chi connectivity index (χ2v) is 7.98. The van der Waals surface area contributed by atoms with E-state index >= 15 is 0 Å². The standard InChI is InChI=1S/C26H24/c1-17-14-20-12-13-23-22-11-7-6-10-21(22)18(2)16-25(23)26(20)24(15-17)19-8-4-3-5-9-19/h3-13,16-17,24H,14-15H2,1-2H3. The van der Waals surface area contributed by atoms with Crippen molar-refractivity contribution < 1.29 is 0 Å². The van der Waals surface area contributed by atoms with E-state index < -0.39 is 0 Å². The fourth-order valence-electron chi connectivity index (χ4n) is 4.98. The molecule has 5 rings (SSSR count). The lowest BCUT2D eigenvalue weighted by Gasteiger charge is -2.32. The van der Waals surface area contributed by atoms with Gasteiger partial charge in [0.25, 0.3) is 0 Å². The van der Waals surface area contributed by atoms with Gasteiger partial charge in [-0.1, -0.05) is 79.7 Å². The second kappa shape index (κ2) is 5.99. The van der Waals surface area contributed by atoms with Crippen molar-refractivity contribution in [2.75, 3.05) is 0 Å². The summed E-state index contributed by atoms with van der Waals surface area (Å²) < 4.78 is 0. The van der Waals surface area contributed by atoms with Crippen LogP contribution in [0, 0.1) is 12.8 Å². The Kier molecular flexibility index (Phi) is 3.60. The van der Waals surface area contributed by atoms with Crippen molar-refractivity contribution in [3.05, 3.63) is 95.1 Å². The van der Waals surface area contributed by atoms with Gasteiger partial charge in [0.15, 0.2) is 0 Å². The SMILES string of the molecule is Cc1cc2c3c(ccc2c2ccccc12)CC(C)CC3c1ccccc1. The molecule has 0 aliphatic heterocycles. The molecule has 0 fully saturated rings. The predicted molar refractivity (Wildman–Crippen MR) is 112 cm³/mol. The van der Waals surface area contributed by atoms with Crippen molar-refractivity contribution in [1.29, 1.82) is 0 Å². The Balaban J connectivity index is 1.86. The molecule has 0 N–H and O–H groups in total. The van der Waals surface area contributed by atoms with Gasteiger partial charge in [0.05, 0.1) is 0 Å². The zero-order valence-corrected chi connectivity index (χ0v) is 15.5. The highest BCUT2D eigenvalue weighted by molar-refractivity contribution is 6.10. The van der Waals surface area contributed by atoms with Crippen LogP contribution < -0.4 is 0 Å². The summed E-state index contributed by atoms with van der Waals surface area (Å²) in [5.41, 5.74) is 5.95. The van der Waals surface area contributed by atoms with Gasteiger partial charge >= 0.3 is 0 Å². The summed E-state index contributed by atoms with van der Waals surface area (Å²) in [6, 6.07) is 27.1. The van der Waals surface area contributed by atoms with Crippen molar-refractivity contribution in [3.63, 3.8) is 0 Å². The van der Waals surface area contributed by atoms with E-state index in [1.807, 2.05) is 0 Å². The highest BCUT2D eigenvalue weighted by Crippen LogP contribution is 2.44.